The third-order valence-corrected chi connectivity index (χ3v) is 4.90. The van der Waals surface area contributed by atoms with Gasteiger partial charge in [0.05, 0.1) is 39.8 Å². The van der Waals surface area contributed by atoms with Crippen LogP contribution in [0.25, 0.3) is 0 Å². The zero-order valence-electron chi connectivity index (χ0n) is 19.1. The first kappa shape index (κ1) is 23.5. The third kappa shape index (κ3) is 5.74. The topological polar surface area (TPSA) is 95.1 Å². The molecule has 2 N–H and O–H groups in total. The van der Waals surface area contributed by atoms with Gasteiger partial charge in [0.1, 0.15) is 23.0 Å². The van der Waals surface area contributed by atoms with Gasteiger partial charge in [0.15, 0.2) is 0 Å². The Hall–Kier alpha value is -4.20. The number of rotatable bonds is 8. The number of hydrogen-bond donors (Lipinski definition) is 2. The first-order valence-corrected chi connectivity index (χ1v) is 10.1. The van der Waals surface area contributed by atoms with Gasteiger partial charge in [-0.1, -0.05) is 6.07 Å². The van der Waals surface area contributed by atoms with Gasteiger partial charge in [-0.05, 0) is 48.9 Å². The Morgan fingerprint density at radius 2 is 0.970 bits per heavy atom. The molecule has 0 spiro atoms. The highest BCUT2D eigenvalue weighted by atomic mass is 16.5. The van der Waals surface area contributed by atoms with Crippen LogP contribution < -0.4 is 29.6 Å². The van der Waals surface area contributed by atoms with Crippen LogP contribution in [0.2, 0.25) is 0 Å². The van der Waals surface area contributed by atoms with E-state index in [1.54, 1.807) is 48.5 Å². The first-order chi connectivity index (χ1) is 15.9. The predicted molar refractivity (Wildman–Crippen MR) is 126 cm³/mol. The Morgan fingerprint density at radius 3 is 1.36 bits per heavy atom. The van der Waals surface area contributed by atoms with E-state index < -0.39 is 0 Å². The van der Waals surface area contributed by atoms with Gasteiger partial charge in [0.2, 0.25) is 0 Å². The Kier molecular flexibility index (Phi) is 7.40. The number of benzene rings is 3. The molecule has 33 heavy (non-hydrogen) atoms. The number of anilines is 2. The smallest absolute Gasteiger partial charge is 0.255 e. The number of carbonyl (C=O) groups excluding carboxylic acids is 2. The summed E-state index contributed by atoms with van der Waals surface area (Å²) in [5, 5.41) is 5.70. The van der Waals surface area contributed by atoms with E-state index in [9.17, 15) is 9.59 Å². The van der Waals surface area contributed by atoms with E-state index >= 15 is 0 Å². The molecule has 3 aromatic carbocycles. The molecule has 0 saturated heterocycles. The minimum atomic E-state index is -0.380. The van der Waals surface area contributed by atoms with Crippen molar-refractivity contribution in [1.29, 1.82) is 0 Å². The molecule has 0 unspecified atom stereocenters. The number of methoxy groups -OCH3 is 4. The fraction of sp³-hybridized carbons (Fsp3) is 0.200. The summed E-state index contributed by atoms with van der Waals surface area (Å²) in [4.78, 5) is 25.9. The molecule has 0 fully saturated rings. The molecular formula is C25H26N2O6. The summed E-state index contributed by atoms with van der Waals surface area (Å²) in [7, 11) is 6.05. The average Bonchev–Trinajstić information content (AvgIpc) is 2.84. The van der Waals surface area contributed by atoms with Crippen LogP contribution >= 0.6 is 0 Å². The van der Waals surface area contributed by atoms with Crippen molar-refractivity contribution in [2.75, 3.05) is 39.1 Å². The zero-order chi connectivity index (χ0) is 24.0. The largest absolute Gasteiger partial charge is 0.497 e. The van der Waals surface area contributed by atoms with E-state index in [2.05, 4.69) is 10.6 Å². The van der Waals surface area contributed by atoms with Crippen molar-refractivity contribution in [3.63, 3.8) is 0 Å². The number of amides is 2. The van der Waals surface area contributed by atoms with Gasteiger partial charge in [0.25, 0.3) is 11.8 Å². The third-order valence-electron chi connectivity index (χ3n) is 4.90. The SMILES string of the molecule is COc1cc(OC)cc(C(=O)Nc2ccc(C)cc2NC(=O)c2cc(OC)cc(OC)c2)c1. The second-order valence-corrected chi connectivity index (χ2v) is 7.16. The molecule has 0 saturated carbocycles. The van der Waals surface area contributed by atoms with Gasteiger partial charge in [-0.2, -0.15) is 0 Å². The molecule has 0 heterocycles. The summed E-state index contributed by atoms with van der Waals surface area (Å²) >= 11 is 0. The van der Waals surface area contributed by atoms with E-state index in [0.29, 0.717) is 45.5 Å². The van der Waals surface area contributed by atoms with Crippen LogP contribution in [-0.4, -0.2) is 40.3 Å². The number of carbonyl (C=O) groups is 2. The van der Waals surface area contributed by atoms with Gasteiger partial charge in [-0.15, -0.1) is 0 Å². The minimum absolute atomic E-state index is 0.349. The fourth-order valence-electron chi connectivity index (χ4n) is 3.14. The molecule has 0 bridgehead atoms. The molecule has 3 aromatic rings. The lowest BCUT2D eigenvalue weighted by Crippen LogP contribution is -2.17. The normalized spacial score (nSPS) is 10.2. The number of aryl methyl sites for hydroxylation is 1. The second-order valence-electron chi connectivity index (χ2n) is 7.16. The molecular weight excluding hydrogens is 424 g/mol. The summed E-state index contributed by atoms with van der Waals surface area (Å²) in [5.74, 6) is 1.20. The van der Waals surface area contributed by atoms with Crippen molar-refractivity contribution in [2.24, 2.45) is 0 Å². The van der Waals surface area contributed by atoms with Gasteiger partial charge in [-0.3, -0.25) is 9.59 Å². The maximum absolute atomic E-state index is 13.0. The lowest BCUT2D eigenvalue weighted by Gasteiger charge is -2.15. The van der Waals surface area contributed by atoms with Gasteiger partial charge >= 0.3 is 0 Å². The number of ether oxygens (including phenoxy) is 4. The van der Waals surface area contributed by atoms with Crippen molar-refractivity contribution in [3.8, 4) is 23.0 Å². The number of hydrogen-bond acceptors (Lipinski definition) is 6. The monoisotopic (exact) mass is 450 g/mol. The lowest BCUT2D eigenvalue weighted by atomic mass is 10.1. The van der Waals surface area contributed by atoms with Crippen LogP contribution in [0.1, 0.15) is 26.3 Å². The quantitative estimate of drug-likeness (QED) is 0.523. The first-order valence-electron chi connectivity index (χ1n) is 10.1. The Bertz CT molecular complexity index is 1130. The predicted octanol–water partition coefficient (Wildman–Crippen LogP) is 4.53. The van der Waals surface area contributed by atoms with Crippen molar-refractivity contribution >= 4 is 23.2 Å². The summed E-state index contributed by atoms with van der Waals surface area (Å²) in [5.41, 5.74) is 2.50. The summed E-state index contributed by atoms with van der Waals surface area (Å²) in [6.07, 6.45) is 0. The van der Waals surface area contributed by atoms with Crippen molar-refractivity contribution < 1.29 is 28.5 Å². The second kappa shape index (κ2) is 10.4. The maximum Gasteiger partial charge on any atom is 0.255 e. The number of nitrogens with one attached hydrogen (secondary N) is 2. The molecule has 3 rings (SSSR count). The molecule has 0 aromatic heterocycles. The zero-order valence-corrected chi connectivity index (χ0v) is 19.1. The van der Waals surface area contributed by atoms with Crippen molar-refractivity contribution in [3.05, 3.63) is 71.3 Å². The fourth-order valence-corrected chi connectivity index (χ4v) is 3.14. The maximum atomic E-state index is 13.0. The Balaban J connectivity index is 1.88. The molecule has 0 aliphatic rings. The minimum Gasteiger partial charge on any atom is -0.497 e. The molecule has 2 amide bonds. The van der Waals surface area contributed by atoms with Crippen LogP contribution in [0.4, 0.5) is 11.4 Å². The van der Waals surface area contributed by atoms with Gasteiger partial charge in [-0.25, -0.2) is 0 Å². The van der Waals surface area contributed by atoms with E-state index in [1.807, 2.05) is 13.0 Å². The Labute approximate surface area is 192 Å². The van der Waals surface area contributed by atoms with E-state index in [-0.39, 0.29) is 11.8 Å². The van der Waals surface area contributed by atoms with Crippen LogP contribution in [0.5, 0.6) is 23.0 Å². The molecule has 172 valence electrons. The highest BCUT2D eigenvalue weighted by Gasteiger charge is 2.16. The molecule has 0 aliphatic heterocycles. The van der Waals surface area contributed by atoms with Crippen molar-refractivity contribution in [1.82, 2.24) is 0 Å². The van der Waals surface area contributed by atoms with Crippen LogP contribution in [0.15, 0.2) is 54.6 Å². The van der Waals surface area contributed by atoms with E-state index in [4.69, 9.17) is 18.9 Å². The summed E-state index contributed by atoms with van der Waals surface area (Å²) < 4.78 is 21.0. The molecule has 8 nitrogen and oxygen atoms in total. The van der Waals surface area contributed by atoms with E-state index in [1.165, 1.54) is 28.4 Å². The standard InChI is InChI=1S/C25H26N2O6/c1-15-6-7-22(26-24(28)16-9-18(30-2)13-19(10-16)31-3)23(8-15)27-25(29)17-11-20(32-4)14-21(12-17)33-5/h6-14H,1-5H3,(H,26,28)(H,27,29). The van der Waals surface area contributed by atoms with Crippen LogP contribution in [-0.2, 0) is 0 Å². The van der Waals surface area contributed by atoms with E-state index in [0.717, 1.165) is 5.56 Å². The highest BCUT2D eigenvalue weighted by Crippen LogP contribution is 2.28. The van der Waals surface area contributed by atoms with Crippen LogP contribution in [0, 0.1) is 6.92 Å². The van der Waals surface area contributed by atoms with Crippen LogP contribution in [0.3, 0.4) is 0 Å². The summed E-state index contributed by atoms with van der Waals surface area (Å²) in [6.45, 7) is 1.89. The Morgan fingerprint density at radius 1 is 0.576 bits per heavy atom. The van der Waals surface area contributed by atoms with Crippen molar-refractivity contribution in [2.45, 2.75) is 6.92 Å². The van der Waals surface area contributed by atoms with Gasteiger partial charge in [0, 0.05) is 23.3 Å². The highest BCUT2D eigenvalue weighted by molar-refractivity contribution is 6.10. The van der Waals surface area contributed by atoms with Gasteiger partial charge < -0.3 is 29.6 Å². The summed E-state index contributed by atoms with van der Waals surface area (Å²) in [6, 6.07) is 15.1. The molecule has 0 aliphatic carbocycles. The lowest BCUT2D eigenvalue weighted by molar-refractivity contribution is 0.101. The molecule has 0 atom stereocenters. The average molecular weight is 450 g/mol. The molecule has 0 radical (unpaired) electrons. The molecule has 8 heteroatoms.